The summed E-state index contributed by atoms with van der Waals surface area (Å²) in [6.45, 7) is 4.67. The molecule has 5 rings (SSSR count). The molecule has 5 nitrogen and oxygen atoms in total. The highest BCUT2D eigenvalue weighted by molar-refractivity contribution is 7.98. The van der Waals surface area contributed by atoms with E-state index in [0.29, 0.717) is 24.5 Å². The first kappa shape index (κ1) is 20.2. The van der Waals surface area contributed by atoms with E-state index in [-0.39, 0.29) is 17.4 Å². The van der Waals surface area contributed by atoms with Crippen LogP contribution in [0, 0.1) is 6.92 Å². The van der Waals surface area contributed by atoms with Gasteiger partial charge in [-0.15, -0.1) is 11.8 Å². The van der Waals surface area contributed by atoms with E-state index in [9.17, 15) is 9.59 Å². The third kappa shape index (κ3) is 3.17. The number of rotatable bonds is 2. The minimum absolute atomic E-state index is 0.114. The zero-order valence-corrected chi connectivity index (χ0v) is 18.9. The number of amides is 1. The maximum atomic E-state index is 13.2. The monoisotopic (exact) mass is 451 g/mol. The molecule has 0 saturated carbocycles. The van der Waals surface area contributed by atoms with Crippen LogP contribution in [0.4, 0.5) is 0 Å². The van der Waals surface area contributed by atoms with Crippen molar-refractivity contribution in [2.45, 2.75) is 30.5 Å². The average Bonchev–Trinajstić information content (AvgIpc) is 2.94. The van der Waals surface area contributed by atoms with Crippen LogP contribution in [0.3, 0.4) is 0 Å². The molecule has 0 N–H and O–H groups in total. The summed E-state index contributed by atoms with van der Waals surface area (Å²) in [7, 11) is 0. The van der Waals surface area contributed by atoms with E-state index in [1.807, 2.05) is 23.7 Å². The summed E-state index contributed by atoms with van der Waals surface area (Å²) >= 11 is 8.38. The van der Waals surface area contributed by atoms with Crippen LogP contribution in [-0.2, 0) is 5.75 Å². The van der Waals surface area contributed by atoms with Gasteiger partial charge in [0.2, 0.25) is 0 Å². The van der Waals surface area contributed by atoms with Crippen LogP contribution < -0.4 is 10.4 Å². The van der Waals surface area contributed by atoms with Gasteiger partial charge in [0.15, 0.2) is 5.43 Å². The number of thioether (sulfide) groups is 1. The van der Waals surface area contributed by atoms with Gasteiger partial charge in [-0.05, 0) is 36.6 Å². The third-order valence-electron chi connectivity index (χ3n) is 6.10. The van der Waals surface area contributed by atoms with Gasteiger partial charge in [-0.2, -0.15) is 0 Å². The van der Waals surface area contributed by atoms with E-state index in [1.54, 1.807) is 29.8 Å². The maximum Gasteiger partial charge on any atom is 0.274 e. The lowest BCUT2D eigenvalue weighted by molar-refractivity contribution is 0.0694. The molecule has 0 fully saturated rings. The first-order chi connectivity index (χ1) is 15.0. The standard InChI is InChI=1S/C24H22ClN3O2S/c1-3-26-14-28(27-12-11-20(29)15(2)21(27)24(26)30)22-17-8-5-4-7-16(17)13-31-23-18(22)9-6-10-19(23)25/h4-12,22H,3,13-14H2,1-2H3. The van der Waals surface area contributed by atoms with Crippen molar-refractivity contribution in [3.8, 4) is 0 Å². The van der Waals surface area contributed by atoms with E-state index >= 15 is 0 Å². The summed E-state index contributed by atoms with van der Waals surface area (Å²) in [5.74, 6) is 0.709. The molecule has 1 unspecified atom stereocenters. The quantitative estimate of drug-likeness (QED) is 0.572. The third-order valence-corrected chi connectivity index (χ3v) is 7.72. The molecule has 2 aliphatic rings. The molecule has 3 heterocycles. The van der Waals surface area contributed by atoms with Gasteiger partial charge >= 0.3 is 0 Å². The number of carbonyl (C=O) groups is 1. The number of hydrogen-bond donors (Lipinski definition) is 0. The number of pyridine rings is 1. The summed E-state index contributed by atoms with van der Waals surface area (Å²) < 4.78 is 1.87. The van der Waals surface area contributed by atoms with Crippen molar-refractivity contribution in [3.63, 3.8) is 0 Å². The van der Waals surface area contributed by atoms with Crippen molar-refractivity contribution in [1.82, 2.24) is 9.58 Å². The largest absolute Gasteiger partial charge is 0.318 e. The Kier molecular flexibility index (Phi) is 5.07. The molecule has 158 valence electrons. The molecule has 1 amide bonds. The highest BCUT2D eigenvalue weighted by atomic mass is 35.5. The van der Waals surface area contributed by atoms with Crippen LogP contribution >= 0.6 is 23.4 Å². The predicted octanol–water partition coefficient (Wildman–Crippen LogP) is 4.58. The molecule has 7 heteroatoms. The molecule has 2 aliphatic heterocycles. The number of halogens is 1. The molecule has 1 atom stereocenters. The van der Waals surface area contributed by atoms with Crippen LogP contribution in [-0.4, -0.2) is 28.7 Å². The zero-order valence-electron chi connectivity index (χ0n) is 17.3. The van der Waals surface area contributed by atoms with Gasteiger partial charge in [-0.25, -0.2) is 0 Å². The molecule has 0 aliphatic carbocycles. The Morgan fingerprint density at radius 3 is 2.65 bits per heavy atom. The molecule has 0 bridgehead atoms. The van der Waals surface area contributed by atoms with Crippen molar-refractivity contribution in [1.29, 1.82) is 0 Å². The Hall–Kier alpha value is -2.70. The number of nitrogens with zero attached hydrogens (tertiary/aromatic N) is 3. The Bertz CT molecular complexity index is 1260. The lowest BCUT2D eigenvalue weighted by atomic mass is 9.94. The molecule has 2 aromatic carbocycles. The van der Waals surface area contributed by atoms with Gasteiger partial charge < -0.3 is 4.90 Å². The molecule has 0 saturated heterocycles. The van der Waals surface area contributed by atoms with Gasteiger partial charge in [0.25, 0.3) is 5.91 Å². The van der Waals surface area contributed by atoms with Gasteiger partial charge in [0.05, 0.1) is 11.1 Å². The summed E-state index contributed by atoms with van der Waals surface area (Å²) in [6, 6.07) is 15.8. The molecule has 0 radical (unpaired) electrons. The fourth-order valence-electron chi connectivity index (χ4n) is 4.47. The lowest BCUT2D eigenvalue weighted by Gasteiger charge is -2.44. The maximum absolute atomic E-state index is 13.2. The van der Waals surface area contributed by atoms with Gasteiger partial charge in [-0.3, -0.25) is 19.3 Å². The molecule has 0 spiro atoms. The summed E-state index contributed by atoms with van der Waals surface area (Å²) in [5.41, 5.74) is 4.30. The number of carbonyl (C=O) groups excluding carboxylic acids is 1. The second kappa shape index (κ2) is 7.77. The van der Waals surface area contributed by atoms with Gasteiger partial charge in [-0.1, -0.05) is 48.0 Å². The summed E-state index contributed by atoms with van der Waals surface area (Å²) in [6.07, 6.45) is 1.72. The first-order valence-corrected chi connectivity index (χ1v) is 11.6. The predicted molar refractivity (Wildman–Crippen MR) is 125 cm³/mol. The summed E-state index contributed by atoms with van der Waals surface area (Å²) in [4.78, 5) is 28.4. The highest BCUT2D eigenvalue weighted by Gasteiger charge is 2.37. The van der Waals surface area contributed by atoms with Crippen molar-refractivity contribution in [2.24, 2.45) is 0 Å². The Labute approximate surface area is 190 Å². The zero-order chi connectivity index (χ0) is 21.7. The molecular formula is C24H22ClN3O2S. The smallest absolute Gasteiger partial charge is 0.274 e. The van der Waals surface area contributed by atoms with Crippen molar-refractivity contribution in [3.05, 3.63) is 97.9 Å². The normalized spacial score (nSPS) is 17.6. The second-order valence-electron chi connectivity index (χ2n) is 7.79. The van der Waals surface area contributed by atoms with Crippen LogP contribution in [0.15, 0.2) is 64.4 Å². The first-order valence-electron chi connectivity index (χ1n) is 10.3. The molecular weight excluding hydrogens is 430 g/mol. The van der Waals surface area contributed by atoms with Crippen molar-refractivity contribution < 1.29 is 4.79 Å². The SMILES string of the molecule is CCN1CN(C2c3ccccc3CSc3c(Cl)cccc32)n2ccc(=O)c(C)c2C1=O. The number of benzene rings is 2. The van der Waals surface area contributed by atoms with Gasteiger partial charge in [0.1, 0.15) is 12.4 Å². The van der Waals surface area contributed by atoms with Crippen molar-refractivity contribution in [2.75, 3.05) is 18.2 Å². The molecule has 3 aromatic rings. The fourth-order valence-corrected chi connectivity index (χ4v) is 5.93. The van der Waals surface area contributed by atoms with E-state index in [1.165, 1.54) is 17.2 Å². The van der Waals surface area contributed by atoms with Crippen molar-refractivity contribution >= 4 is 29.3 Å². The molecule has 31 heavy (non-hydrogen) atoms. The number of aromatic nitrogens is 1. The highest BCUT2D eigenvalue weighted by Crippen LogP contribution is 2.45. The average molecular weight is 452 g/mol. The van der Waals surface area contributed by atoms with Gasteiger partial charge in [0, 0.05) is 35.0 Å². The lowest BCUT2D eigenvalue weighted by Crippen LogP contribution is -2.55. The van der Waals surface area contributed by atoms with E-state index in [2.05, 4.69) is 35.3 Å². The van der Waals surface area contributed by atoms with Crippen LogP contribution in [0.1, 0.15) is 45.7 Å². The Morgan fingerprint density at radius 2 is 1.84 bits per heavy atom. The second-order valence-corrected chi connectivity index (χ2v) is 9.18. The minimum Gasteiger partial charge on any atom is -0.318 e. The number of hydrogen-bond acceptors (Lipinski definition) is 4. The van der Waals surface area contributed by atoms with Crippen LogP contribution in [0.2, 0.25) is 5.02 Å². The van der Waals surface area contributed by atoms with E-state index in [0.717, 1.165) is 21.2 Å². The topological polar surface area (TPSA) is 45.5 Å². The summed E-state index contributed by atoms with van der Waals surface area (Å²) in [5, 5.41) is 2.91. The van der Waals surface area contributed by atoms with Crippen LogP contribution in [0.25, 0.3) is 0 Å². The number of fused-ring (bicyclic) bond motifs is 3. The van der Waals surface area contributed by atoms with E-state index < -0.39 is 0 Å². The Morgan fingerprint density at radius 1 is 1.06 bits per heavy atom. The molecule has 1 aromatic heterocycles. The Balaban J connectivity index is 1.80. The fraction of sp³-hybridized carbons (Fsp3) is 0.250. The van der Waals surface area contributed by atoms with E-state index in [4.69, 9.17) is 11.6 Å². The van der Waals surface area contributed by atoms with Crippen LogP contribution in [0.5, 0.6) is 0 Å². The minimum atomic E-state index is -0.150.